The van der Waals surface area contributed by atoms with Crippen LogP contribution in [0.4, 0.5) is 22.7 Å². The molecule has 14 nitrogen and oxygen atoms in total. The molecule has 186 valence electrons. The summed E-state index contributed by atoms with van der Waals surface area (Å²) in [6.45, 7) is -0.0887. The number of hydrogen-bond acceptors (Lipinski definition) is 11. The van der Waals surface area contributed by atoms with E-state index in [1.165, 1.54) is 31.4 Å². The molecule has 0 fully saturated rings. The van der Waals surface area contributed by atoms with Crippen molar-refractivity contribution in [2.75, 3.05) is 24.1 Å². The molecule has 0 saturated carbocycles. The van der Waals surface area contributed by atoms with Crippen LogP contribution in [0.2, 0.25) is 0 Å². The lowest BCUT2D eigenvalue weighted by atomic mass is 10.1. The average Bonchev–Trinajstić information content (AvgIpc) is 3.31. The number of fused-ring (bicyclic) bond motifs is 1. The van der Waals surface area contributed by atoms with Crippen molar-refractivity contribution in [1.82, 2.24) is 0 Å². The van der Waals surface area contributed by atoms with Gasteiger partial charge >= 0.3 is 0 Å². The Labute approximate surface area is 203 Å². The van der Waals surface area contributed by atoms with E-state index >= 15 is 0 Å². The van der Waals surface area contributed by atoms with Gasteiger partial charge in [-0.25, -0.2) is 8.42 Å². The maximum absolute atomic E-state index is 13.2. The smallest absolute Gasteiger partial charge is 0.282 e. The van der Waals surface area contributed by atoms with E-state index in [0.29, 0.717) is 0 Å². The highest BCUT2D eigenvalue weighted by Crippen LogP contribution is 2.37. The Kier molecular flexibility index (Phi) is 6.56. The van der Waals surface area contributed by atoms with Gasteiger partial charge in [0.05, 0.1) is 46.2 Å². The quantitative estimate of drug-likeness (QED) is 0.243. The Hall–Kier alpha value is -4.92. The van der Waals surface area contributed by atoms with Crippen LogP contribution in [0.1, 0.15) is 5.56 Å². The second kappa shape index (κ2) is 9.75. The molecule has 15 heteroatoms. The van der Waals surface area contributed by atoms with Crippen molar-refractivity contribution >= 4 is 39.0 Å². The Balaban J connectivity index is 1.69. The molecule has 1 aliphatic rings. The van der Waals surface area contributed by atoms with Gasteiger partial charge in [-0.1, -0.05) is 12.1 Å². The Morgan fingerprint density at radius 3 is 2.42 bits per heavy atom. The van der Waals surface area contributed by atoms with Gasteiger partial charge in [-0.3, -0.25) is 30.4 Å². The maximum Gasteiger partial charge on any atom is 0.282 e. The number of hydrogen-bond donors (Lipinski definition) is 2. The Morgan fingerprint density at radius 1 is 1.00 bits per heavy atom. The number of nitrogens with zero attached hydrogens (tertiary/aromatic N) is 3. The van der Waals surface area contributed by atoms with E-state index in [2.05, 4.69) is 15.2 Å². The fourth-order valence-electron chi connectivity index (χ4n) is 3.25. The highest BCUT2D eigenvalue weighted by Gasteiger charge is 2.25. The van der Waals surface area contributed by atoms with Gasteiger partial charge < -0.3 is 14.2 Å². The first-order chi connectivity index (χ1) is 17.2. The molecule has 1 heterocycles. The van der Waals surface area contributed by atoms with Crippen LogP contribution in [-0.2, 0) is 10.0 Å². The van der Waals surface area contributed by atoms with Crippen molar-refractivity contribution in [2.24, 2.45) is 5.10 Å². The third-order valence-corrected chi connectivity index (χ3v) is 6.33. The summed E-state index contributed by atoms with van der Waals surface area (Å²) in [5, 5.41) is 26.6. The standard InChI is InChI=1S/C21H17N5O9S/c1-33-18-5-3-2-4-15(18)24-36(31,32)21-9-14(25(27)28)6-7-16(21)23-22-11-13-8-19-20(35-12-34-19)10-17(13)26(29)30/h2-11,23-24H,12H2,1H3. The molecule has 36 heavy (non-hydrogen) atoms. The van der Waals surface area contributed by atoms with E-state index in [-0.39, 0.29) is 46.7 Å². The minimum absolute atomic E-state index is 0.0511. The van der Waals surface area contributed by atoms with Crippen LogP contribution < -0.4 is 24.4 Å². The van der Waals surface area contributed by atoms with E-state index in [9.17, 15) is 28.6 Å². The molecule has 0 aromatic heterocycles. The minimum Gasteiger partial charge on any atom is -0.495 e. The van der Waals surface area contributed by atoms with Gasteiger partial charge in [-0.2, -0.15) is 5.10 Å². The SMILES string of the molecule is COc1ccccc1NS(=O)(=O)c1cc([N+](=O)[O-])ccc1NN=Cc1cc2c(cc1[N+](=O)[O-])OCO2. The molecule has 0 radical (unpaired) electrons. The van der Waals surface area contributed by atoms with Crippen LogP contribution in [0.5, 0.6) is 17.2 Å². The lowest BCUT2D eigenvalue weighted by Crippen LogP contribution is -2.15. The van der Waals surface area contributed by atoms with Crippen molar-refractivity contribution < 1.29 is 32.5 Å². The van der Waals surface area contributed by atoms with Crippen molar-refractivity contribution in [3.05, 3.63) is 80.4 Å². The zero-order valence-electron chi connectivity index (χ0n) is 18.4. The second-order valence-electron chi connectivity index (χ2n) is 7.13. The first-order valence-electron chi connectivity index (χ1n) is 10.0. The molecule has 3 aromatic rings. The number of non-ortho nitro benzene ring substituents is 1. The van der Waals surface area contributed by atoms with Crippen LogP contribution in [0.3, 0.4) is 0 Å². The largest absolute Gasteiger partial charge is 0.495 e. The summed E-state index contributed by atoms with van der Waals surface area (Å²) < 4.78 is 44.2. The van der Waals surface area contributed by atoms with Gasteiger partial charge in [0.15, 0.2) is 11.5 Å². The Bertz CT molecular complexity index is 1490. The zero-order chi connectivity index (χ0) is 25.9. The molecule has 0 aliphatic carbocycles. The molecule has 0 spiro atoms. The number of nitro groups is 2. The van der Waals surface area contributed by atoms with Crippen LogP contribution in [0, 0.1) is 20.2 Å². The third-order valence-electron chi connectivity index (χ3n) is 4.92. The van der Waals surface area contributed by atoms with E-state index in [1.807, 2.05) is 0 Å². The Morgan fingerprint density at radius 2 is 1.72 bits per heavy atom. The van der Waals surface area contributed by atoms with Crippen LogP contribution in [0.15, 0.2) is 64.6 Å². The number of hydrazone groups is 1. The minimum atomic E-state index is -4.37. The molecule has 0 amide bonds. The number of nitro benzene ring substituents is 2. The van der Waals surface area contributed by atoms with Gasteiger partial charge in [-0.05, 0) is 24.3 Å². The monoisotopic (exact) mass is 515 g/mol. The number of sulfonamides is 1. The summed E-state index contributed by atoms with van der Waals surface area (Å²) in [6.07, 6.45) is 1.09. The molecule has 0 unspecified atom stereocenters. The topological polar surface area (TPSA) is 185 Å². The molecule has 2 N–H and O–H groups in total. The number of nitrogens with one attached hydrogen (secondary N) is 2. The molecule has 0 atom stereocenters. The van der Waals surface area contributed by atoms with E-state index < -0.39 is 30.5 Å². The fraction of sp³-hybridized carbons (Fsp3) is 0.0952. The lowest BCUT2D eigenvalue weighted by molar-refractivity contribution is -0.385. The maximum atomic E-state index is 13.2. The van der Waals surface area contributed by atoms with Gasteiger partial charge in [0.2, 0.25) is 6.79 Å². The summed E-state index contributed by atoms with van der Waals surface area (Å²) in [6, 6.07) is 11.8. The first-order valence-corrected chi connectivity index (χ1v) is 11.5. The van der Waals surface area contributed by atoms with Crippen molar-refractivity contribution in [1.29, 1.82) is 0 Å². The van der Waals surface area contributed by atoms with Crippen LogP contribution >= 0.6 is 0 Å². The number of para-hydroxylation sites is 2. The number of anilines is 2. The number of methoxy groups -OCH3 is 1. The average molecular weight is 515 g/mol. The van der Waals surface area contributed by atoms with Gasteiger partial charge in [0.1, 0.15) is 10.6 Å². The van der Waals surface area contributed by atoms with Crippen molar-refractivity contribution in [3.63, 3.8) is 0 Å². The summed E-state index contributed by atoms with van der Waals surface area (Å²) in [5.41, 5.74) is 1.73. The zero-order valence-corrected chi connectivity index (χ0v) is 19.2. The van der Waals surface area contributed by atoms with E-state index in [4.69, 9.17) is 14.2 Å². The fourth-order valence-corrected chi connectivity index (χ4v) is 4.50. The van der Waals surface area contributed by atoms with Gasteiger partial charge in [-0.15, -0.1) is 0 Å². The molecule has 1 aliphatic heterocycles. The lowest BCUT2D eigenvalue weighted by Gasteiger charge is -2.14. The predicted molar refractivity (Wildman–Crippen MR) is 127 cm³/mol. The van der Waals surface area contributed by atoms with Crippen molar-refractivity contribution in [2.45, 2.75) is 4.90 Å². The number of ether oxygens (including phenoxy) is 3. The molecule has 0 bridgehead atoms. The highest BCUT2D eigenvalue weighted by atomic mass is 32.2. The summed E-state index contributed by atoms with van der Waals surface area (Å²) in [4.78, 5) is 20.8. The summed E-state index contributed by atoms with van der Waals surface area (Å²) in [7, 11) is -3.01. The molecule has 3 aromatic carbocycles. The molecule has 0 saturated heterocycles. The van der Waals surface area contributed by atoms with Gasteiger partial charge in [0.25, 0.3) is 21.4 Å². The molecular formula is C21H17N5O9S. The highest BCUT2D eigenvalue weighted by molar-refractivity contribution is 7.93. The second-order valence-corrected chi connectivity index (χ2v) is 8.79. The van der Waals surface area contributed by atoms with Crippen LogP contribution in [0.25, 0.3) is 0 Å². The first kappa shape index (κ1) is 24.2. The van der Waals surface area contributed by atoms with Crippen LogP contribution in [-0.4, -0.2) is 38.4 Å². The van der Waals surface area contributed by atoms with E-state index in [0.717, 1.165) is 24.4 Å². The van der Waals surface area contributed by atoms with Gasteiger partial charge in [0, 0.05) is 12.1 Å². The number of rotatable bonds is 9. The summed E-state index contributed by atoms with van der Waals surface area (Å²) >= 11 is 0. The van der Waals surface area contributed by atoms with E-state index in [1.54, 1.807) is 12.1 Å². The third kappa shape index (κ3) is 4.95. The molecular weight excluding hydrogens is 498 g/mol. The molecule has 4 rings (SSSR count). The normalized spacial score (nSPS) is 12.4. The van der Waals surface area contributed by atoms with Crippen molar-refractivity contribution in [3.8, 4) is 17.2 Å². The predicted octanol–water partition coefficient (Wildman–Crippen LogP) is 3.49. The summed E-state index contributed by atoms with van der Waals surface area (Å²) in [5.74, 6) is 0.716. The number of benzene rings is 3.